The number of carbonyl (C=O) groups excluding carboxylic acids is 2. The Morgan fingerprint density at radius 1 is 1.03 bits per heavy atom. The maximum absolute atomic E-state index is 12.9. The molecule has 1 unspecified atom stereocenters. The first-order chi connectivity index (χ1) is 16.0. The van der Waals surface area contributed by atoms with Crippen molar-refractivity contribution >= 4 is 28.9 Å². The van der Waals surface area contributed by atoms with Gasteiger partial charge in [0.15, 0.2) is 6.10 Å². The first kappa shape index (κ1) is 23.0. The van der Waals surface area contributed by atoms with Crippen LogP contribution >= 0.6 is 11.3 Å². The predicted octanol–water partition coefficient (Wildman–Crippen LogP) is 4.58. The summed E-state index contributed by atoms with van der Waals surface area (Å²) in [6.45, 7) is 8.27. The van der Waals surface area contributed by atoms with Crippen LogP contribution in [0.5, 0.6) is 0 Å². The van der Waals surface area contributed by atoms with Gasteiger partial charge in [-0.05, 0) is 38.0 Å². The Balaban J connectivity index is 1.35. The second kappa shape index (κ2) is 10.2. The smallest absolute Gasteiger partial charge is 0.351 e. The van der Waals surface area contributed by atoms with E-state index < -0.39 is 12.1 Å². The molecule has 1 saturated heterocycles. The van der Waals surface area contributed by atoms with Gasteiger partial charge < -0.3 is 14.5 Å². The summed E-state index contributed by atoms with van der Waals surface area (Å²) >= 11 is 1.30. The number of ether oxygens (including phenoxy) is 1. The molecule has 0 N–H and O–H groups in total. The van der Waals surface area contributed by atoms with Crippen LogP contribution in [0.25, 0.3) is 10.6 Å². The Labute approximate surface area is 198 Å². The summed E-state index contributed by atoms with van der Waals surface area (Å²) < 4.78 is 5.56. The van der Waals surface area contributed by atoms with Crippen LogP contribution in [0.4, 0.5) is 5.69 Å². The molecular formula is C26H29N3O3S. The van der Waals surface area contributed by atoms with Crippen molar-refractivity contribution in [3.8, 4) is 10.6 Å². The quantitative estimate of drug-likeness (QED) is 0.501. The monoisotopic (exact) mass is 463 g/mol. The van der Waals surface area contributed by atoms with Gasteiger partial charge in [0.2, 0.25) is 0 Å². The summed E-state index contributed by atoms with van der Waals surface area (Å²) in [6, 6.07) is 18.4. The van der Waals surface area contributed by atoms with Crippen LogP contribution in [0.3, 0.4) is 0 Å². The highest BCUT2D eigenvalue weighted by molar-refractivity contribution is 7.17. The second-order valence-electron chi connectivity index (χ2n) is 8.18. The highest BCUT2D eigenvalue weighted by Crippen LogP contribution is 2.29. The minimum absolute atomic E-state index is 0.159. The Hall–Kier alpha value is -3.19. The Kier molecular flexibility index (Phi) is 7.08. The lowest BCUT2D eigenvalue weighted by Gasteiger charge is -2.37. The number of esters is 1. The van der Waals surface area contributed by atoms with Gasteiger partial charge in [0.05, 0.1) is 5.69 Å². The number of hydrogen-bond acceptors (Lipinski definition) is 6. The summed E-state index contributed by atoms with van der Waals surface area (Å²) in [5, 5.41) is 0.776. The van der Waals surface area contributed by atoms with Gasteiger partial charge in [0.1, 0.15) is 9.88 Å². The minimum Gasteiger partial charge on any atom is -0.448 e. The van der Waals surface area contributed by atoms with Crippen molar-refractivity contribution in [1.82, 2.24) is 9.88 Å². The van der Waals surface area contributed by atoms with Crippen LogP contribution in [0, 0.1) is 6.92 Å². The standard InChI is InChI=1S/C26H29N3O3S/c1-4-20-10-12-21(13-11-20)24-27-18(2)23(33-24)26(31)32-19(3)25(30)29-16-14-28(15-17-29)22-8-6-5-7-9-22/h5-13,19H,4,14-17H2,1-3H3. The third-order valence-corrected chi connectivity index (χ3v) is 7.12. The Morgan fingerprint density at radius 3 is 2.33 bits per heavy atom. The van der Waals surface area contributed by atoms with E-state index in [1.165, 1.54) is 16.9 Å². The molecule has 0 radical (unpaired) electrons. The molecule has 1 atom stereocenters. The average molecular weight is 464 g/mol. The summed E-state index contributed by atoms with van der Waals surface area (Å²) in [7, 11) is 0. The maximum atomic E-state index is 12.9. The molecule has 172 valence electrons. The summed E-state index contributed by atoms with van der Waals surface area (Å²) in [4.78, 5) is 34.7. The molecule has 1 amide bonds. The molecule has 0 spiro atoms. The van der Waals surface area contributed by atoms with Crippen molar-refractivity contribution in [3.05, 3.63) is 70.7 Å². The summed E-state index contributed by atoms with van der Waals surface area (Å²) in [6.07, 6.45) is 0.136. The first-order valence-electron chi connectivity index (χ1n) is 11.3. The predicted molar refractivity (Wildman–Crippen MR) is 132 cm³/mol. The molecule has 6 nitrogen and oxygen atoms in total. The fraction of sp³-hybridized carbons (Fsp3) is 0.346. The molecule has 1 aromatic heterocycles. The highest BCUT2D eigenvalue weighted by Gasteiger charge is 2.29. The Bertz CT molecular complexity index is 1100. The van der Waals surface area contributed by atoms with Crippen molar-refractivity contribution in [2.75, 3.05) is 31.1 Å². The van der Waals surface area contributed by atoms with Crippen molar-refractivity contribution in [2.24, 2.45) is 0 Å². The van der Waals surface area contributed by atoms with Gasteiger partial charge in [-0.15, -0.1) is 11.3 Å². The number of anilines is 1. The van der Waals surface area contributed by atoms with E-state index in [1.54, 1.807) is 18.7 Å². The number of rotatable bonds is 6. The molecule has 1 aliphatic heterocycles. The normalized spacial score (nSPS) is 14.8. The molecule has 1 aliphatic rings. The number of aromatic nitrogens is 1. The largest absolute Gasteiger partial charge is 0.448 e. The van der Waals surface area contributed by atoms with Gasteiger partial charge in [-0.2, -0.15) is 0 Å². The lowest BCUT2D eigenvalue weighted by Crippen LogP contribution is -2.51. The van der Waals surface area contributed by atoms with Gasteiger partial charge in [0, 0.05) is 37.4 Å². The van der Waals surface area contributed by atoms with Crippen LogP contribution in [-0.2, 0) is 16.0 Å². The number of hydrogen-bond donors (Lipinski definition) is 0. The molecule has 0 aliphatic carbocycles. The Morgan fingerprint density at radius 2 is 1.70 bits per heavy atom. The number of nitrogens with zero attached hydrogens (tertiary/aromatic N) is 3. The second-order valence-corrected chi connectivity index (χ2v) is 9.18. The minimum atomic E-state index is -0.838. The van der Waals surface area contributed by atoms with Gasteiger partial charge in [0.25, 0.3) is 5.91 Å². The van der Waals surface area contributed by atoms with Crippen LogP contribution < -0.4 is 4.90 Å². The lowest BCUT2D eigenvalue weighted by atomic mass is 10.1. The third-order valence-electron chi connectivity index (χ3n) is 5.94. The van der Waals surface area contributed by atoms with Crippen LogP contribution in [0.2, 0.25) is 0 Å². The fourth-order valence-electron chi connectivity index (χ4n) is 3.94. The molecule has 33 heavy (non-hydrogen) atoms. The van der Waals surface area contributed by atoms with E-state index >= 15 is 0 Å². The van der Waals surface area contributed by atoms with Crippen LogP contribution in [0.1, 0.15) is 34.8 Å². The number of amides is 1. The first-order valence-corrected chi connectivity index (χ1v) is 12.1. The zero-order valence-corrected chi connectivity index (χ0v) is 20.1. The lowest BCUT2D eigenvalue weighted by molar-refractivity contribution is -0.140. The van der Waals surface area contributed by atoms with E-state index in [0.29, 0.717) is 23.7 Å². The molecule has 2 aromatic carbocycles. The number of aryl methyl sites for hydroxylation is 2. The van der Waals surface area contributed by atoms with Gasteiger partial charge in [-0.25, -0.2) is 9.78 Å². The maximum Gasteiger partial charge on any atom is 0.351 e. The van der Waals surface area contributed by atoms with Crippen molar-refractivity contribution < 1.29 is 14.3 Å². The van der Waals surface area contributed by atoms with E-state index in [-0.39, 0.29) is 5.91 Å². The molecule has 0 saturated carbocycles. The SMILES string of the molecule is CCc1ccc(-c2nc(C)c(C(=O)OC(C)C(=O)N3CCN(c4ccccc4)CC3)s2)cc1. The van der Waals surface area contributed by atoms with Crippen molar-refractivity contribution in [3.63, 3.8) is 0 Å². The van der Waals surface area contributed by atoms with Crippen molar-refractivity contribution in [2.45, 2.75) is 33.3 Å². The number of thiazole rings is 1. The van der Waals surface area contributed by atoms with Gasteiger partial charge in [-0.1, -0.05) is 49.4 Å². The summed E-state index contributed by atoms with van der Waals surface area (Å²) in [5.74, 6) is -0.654. The van der Waals surface area contributed by atoms with Gasteiger partial charge in [-0.3, -0.25) is 4.79 Å². The molecule has 0 bridgehead atoms. The number of piperazine rings is 1. The number of benzene rings is 2. The summed E-state index contributed by atoms with van der Waals surface area (Å²) in [5.41, 5.74) is 4.00. The van der Waals surface area contributed by atoms with Crippen molar-refractivity contribution in [1.29, 1.82) is 0 Å². The molecule has 3 aromatic rings. The zero-order valence-electron chi connectivity index (χ0n) is 19.3. The number of para-hydroxylation sites is 1. The van der Waals surface area contributed by atoms with Crippen LogP contribution in [-0.4, -0.2) is 54.0 Å². The van der Waals surface area contributed by atoms with E-state index in [9.17, 15) is 9.59 Å². The molecule has 7 heteroatoms. The average Bonchev–Trinajstić information content (AvgIpc) is 3.26. The zero-order chi connectivity index (χ0) is 23.4. The van der Waals surface area contributed by atoms with Crippen LogP contribution in [0.15, 0.2) is 54.6 Å². The number of carbonyl (C=O) groups is 2. The molecular weight excluding hydrogens is 434 g/mol. The molecule has 2 heterocycles. The topological polar surface area (TPSA) is 62.7 Å². The molecule has 4 rings (SSSR count). The van der Waals surface area contributed by atoms with E-state index in [1.807, 2.05) is 30.3 Å². The van der Waals surface area contributed by atoms with E-state index in [2.05, 4.69) is 41.1 Å². The fourth-order valence-corrected chi connectivity index (χ4v) is 4.89. The van der Waals surface area contributed by atoms with Gasteiger partial charge >= 0.3 is 5.97 Å². The highest BCUT2D eigenvalue weighted by atomic mass is 32.1. The van der Waals surface area contributed by atoms with E-state index in [4.69, 9.17) is 4.74 Å². The third kappa shape index (κ3) is 5.25. The van der Waals surface area contributed by atoms with E-state index in [0.717, 1.165) is 35.8 Å². The molecule has 1 fully saturated rings.